The summed E-state index contributed by atoms with van der Waals surface area (Å²) in [5, 5.41) is 3.84. The van der Waals surface area contributed by atoms with Crippen molar-refractivity contribution in [2.75, 3.05) is 18.6 Å². The van der Waals surface area contributed by atoms with Crippen molar-refractivity contribution in [1.82, 2.24) is 5.32 Å². The molecule has 1 saturated heterocycles. The van der Waals surface area contributed by atoms with Crippen LogP contribution >= 0.6 is 11.8 Å². The predicted octanol–water partition coefficient (Wildman–Crippen LogP) is 6.36. The molecule has 1 fully saturated rings. The highest BCUT2D eigenvalue weighted by Crippen LogP contribution is 2.46. The van der Waals surface area contributed by atoms with Gasteiger partial charge in [0, 0.05) is 28.3 Å². The number of anilines is 2. The zero-order chi connectivity index (χ0) is 21.2. The molecular weight excluding hydrogens is 400 g/mol. The van der Waals surface area contributed by atoms with Crippen molar-refractivity contribution < 1.29 is 4.74 Å². The Balaban J connectivity index is 1.65. The number of hydrogen-bond donors (Lipinski definition) is 1. The van der Waals surface area contributed by atoms with E-state index in [1.807, 2.05) is 11.8 Å². The van der Waals surface area contributed by atoms with E-state index in [1.165, 1.54) is 40.2 Å². The lowest BCUT2D eigenvalue weighted by Gasteiger charge is -2.42. The zero-order valence-electron chi connectivity index (χ0n) is 18.3. The molecule has 3 unspecified atom stereocenters. The summed E-state index contributed by atoms with van der Waals surface area (Å²) in [6, 6.07) is 27.3. The largest absolute Gasteiger partial charge is 0.497 e. The monoisotopic (exact) mass is 430 g/mol. The molecule has 0 amide bonds. The fourth-order valence-electron chi connectivity index (χ4n) is 5.11. The molecule has 31 heavy (non-hydrogen) atoms. The molecule has 160 valence electrons. The Hall–Kier alpha value is -2.43. The van der Waals surface area contributed by atoms with Crippen LogP contribution in [0.4, 0.5) is 11.4 Å². The van der Waals surface area contributed by atoms with Crippen molar-refractivity contribution in [1.29, 1.82) is 0 Å². The van der Waals surface area contributed by atoms with E-state index < -0.39 is 0 Å². The van der Waals surface area contributed by atoms with E-state index in [-0.39, 0.29) is 0 Å². The number of benzene rings is 3. The van der Waals surface area contributed by atoms with Crippen molar-refractivity contribution in [2.45, 2.75) is 48.4 Å². The minimum Gasteiger partial charge on any atom is -0.497 e. The SMILES string of the molecule is COc1ccc(C(C)C(C2CCCN2)N2c3ccccc3CSc3ccccc32)cc1. The summed E-state index contributed by atoms with van der Waals surface area (Å²) >= 11 is 1.95. The van der Waals surface area contributed by atoms with Gasteiger partial charge in [0.05, 0.1) is 18.8 Å². The van der Waals surface area contributed by atoms with Crippen molar-refractivity contribution >= 4 is 23.1 Å². The quantitative estimate of drug-likeness (QED) is 0.509. The maximum absolute atomic E-state index is 5.41. The highest BCUT2D eigenvalue weighted by Gasteiger charge is 2.37. The lowest BCUT2D eigenvalue weighted by atomic mass is 9.85. The minimum absolute atomic E-state index is 0.317. The van der Waals surface area contributed by atoms with Crippen LogP contribution in [-0.2, 0) is 5.75 Å². The van der Waals surface area contributed by atoms with Gasteiger partial charge in [0.1, 0.15) is 5.75 Å². The number of thioether (sulfide) groups is 1. The van der Waals surface area contributed by atoms with Crippen molar-refractivity contribution in [2.24, 2.45) is 0 Å². The minimum atomic E-state index is 0.317. The fourth-order valence-corrected chi connectivity index (χ4v) is 6.16. The first-order chi connectivity index (χ1) is 15.3. The summed E-state index contributed by atoms with van der Waals surface area (Å²) in [5.41, 5.74) is 5.44. The van der Waals surface area contributed by atoms with Crippen LogP contribution in [0.2, 0.25) is 0 Å². The Morgan fingerprint density at radius 2 is 1.71 bits per heavy atom. The molecule has 2 heterocycles. The molecule has 4 heteroatoms. The topological polar surface area (TPSA) is 24.5 Å². The Bertz CT molecular complexity index is 982. The van der Waals surface area contributed by atoms with Crippen molar-refractivity contribution in [3.63, 3.8) is 0 Å². The molecule has 0 saturated carbocycles. The van der Waals surface area contributed by atoms with Gasteiger partial charge in [-0.2, -0.15) is 0 Å². The third-order valence-corrected chi connectivity index (χ3v) is 7.83. The number of fused-ring (bicyclic) bond motifs is 2. The summed E-state index contributed by atoms with van der Waals surface area (Å²) in [4.78, 5) is 4.01. The average molecular weight is 431 g/mol. The van der Waals surface area contributed by atoms with E-state index in [1.54, 1.807) is 7.11 Å². The molecule has 2 aliphatic rings. The smallest absolute Gasteiger partial charge is 0.118 e. The van der Waals surface area contributed by atoms with Crippen molar-refractivity contribution in [3.8, 4) is 5.75 Å². The Labute approximate surface area is 189 Å². The molecule has 1 N–H and O–H groups in total. The van der Waals surface area contributed by atoms with Gasteiger partial charge in [0.15, 0.2) is 0 Å². The second kappa shape index (κ2) is 8.97. The number of nitrogens with zero attached hydrogens (tertiary/aromatic N) is 1. The number of methoxy groups -OCH3 is 1. The molecule has 3 atom stereocenters. The molecule has 5 rings (SSSR count). The fraction of sp³-hybridized carbons (Fsp3) is 0.333. The first-order valence-corrected chi connectivity index (χ1v) is 12.2. The highest BCUT2D eigenvalue weighted by atomic mass is 32.2. The van der Waals surface area contributed by atoms with Gasteiger partial charge < -0.3 is 15.0 Å². The van der Waals surface area contributed by atoms with Gasteiger partial charge in [0.25, 0.3) is 0 Å². The number of hydrogen-bond acceptors (Lipinski definition) is 4. The number of ether oxygens (including phenoxy) is 1. The van der Waals surface area contributed by atoms with Gasteiger partial charge in [0.2, 0.25) is 0 Å². The Morgan fingerprint density at radius 3 is 2.45 bits per heavy atom. The van der Waals surface area contributed by atoms with E-state index in [4.69, 9.17) is 4.74 Å². The summed E-state index contributed by atoms with van der Waals surface area (Å²) < 4.78 is 5.41. The molecule has 0 aromatic heterocycles. The van der Waals surface area contributed by atoms with Crippen LogP contribution in [0.1, 0.15) is 36.8 Å². The normalized spacial score (nSPS) is 19.8. The van der Waals surface area contributed by atoms with Crippen LogP contribution < -0.4 is 15.0 Å². The lowest BCUT2D eigenvalue weighted by molar-refractivity contribution is 0.412. The van der Waals surface area contributed by atoms with Gasteiger partial charge in [-0.1, -0.05) is 49.4 Å². The van der Waals surface area contributed by atoms with E-state index in [0.717, 1.165) is 18.0 Å². The lowest BCUT2D eigenvalue weighted by Crippen LogP contribution is -2.49. The average Bonchev–Trinajstić information content (AvgIpc) is 3.30. The third kappa shape index (κ3) is 3.95. The Kier molecular flexibility index (Phi) is 5.93. The van der Waals surface area contributed by atoms with Gasteiger partial charge >= 0.3 is 0 Å². The molecule has 0 bridgehead atoms. The summed E-state index contributed by atoms with van der Waals surface area (Å²) in [6.45, 7) is 3.48. The summed E-state index contributed by atoms with van der Waals surface area (Å²) in [5.74, 6) is 2.27. The van der Waals surface area contributed by atoms with Crippen LogP contribution in [0.5, 0.6) is 5.75 Å². The van der Waals surface area contributed by atoms with Crippen LogP contribution in [0.25, 0.3) is 0 Å². The first kappa shape index (κ1) is 20.5. The van der Waals surface area contributed by atoms with Gasteiger partial charge in [-0.05, 0) is 60.8 Å². The zero-order valence-corrected chi connectivity index (χ0v) is 19.1. The molecule has 0 radical (unpaired) electrons. The van der Waals surface area contributed by atoms with Crippen molar-refractivity contribution in [3.05, 3.63) is 83.9 Å². The van der Waals surface area contributed by atoms with Gasteiger partial charge in [-0.25, -0.2) is 0 Å². The third-order valence-electron chi connectivity index (χ3n) is 6.72. The van der Waals surface area contributed by atoms with Crippen LogP contribution in [0.3, 0.4) is 0 Å². The second-order valence-electron chi connectivity index (χ2n) is 8.51. The first-order valence-electron chi connectivity index (χ1n) is 11.2. The van der Waals surface area contributed by atoms with Crippen LogP contribution in [0, 0.1) is 0 Å². The highest BCUT2D eigenvalue weighted by molar-refractivity contribution is 7.98. The maximum atomic E-state index is 5.41. The molecular formula is C27H30N2OS. The van der Waals surface area contributed by atoms with Crippen LogP contribution in [0.15, 0.2) is 77.7 Å². The molecule has 3 nitrogen and oxygen atoms in total. The predicted molar refractivity (Wildman–Crippen MR) is 131 cm³/mol. The molecule has 0 aliphatic carbocycles. The number of rotatable bonds is 5. The second-order valence-corrected chi connectivity index (χ2v) is 9.53. The van der Waals surface area contributed by atoms with E-state index in [2.05, 4.69) is 89.9 Å². The molecule has 3 aromatic carbocycles. The molecule has 2 aliphatic heterocycles. The maximum Gasteiger partial charge on any atom is 0.118 e. The summed E-state index contributed by atoms with van der Waals surface area (Å²) in [6.07, 6.45) is 2.45. The number of nitrogens with one attached hydrogen (secondary N) is 1. The summed E-state index contributed by atoms with van der Waals surface area (Å²) in [7, 11) is 1.73. The standard InChI is InChI=1S/C27H30N2OS/c1-19(20-13-15-22(30-2)16-14-20)27(23-9-7-17-28-23)29-24-10-4-3-8-21(24)18-31-26-12-6-5-11-25(26)29/h3-6,8,10-16,19,23,27-28H,7,9,17-18H2,1-2H3. The molecule has 3 aromatic rings. The number of para-hydroxylation sites is 2. The Morgan fingerprint density at radius 1 is 0.968 bits per heavy atom. The van der Waals surface area contributed by atoms with Crippen LogP contribution in [-0.4, -0.2) is 25.7 Å². The van der Waals surface area contributed by atoms with Gasteiger partial charge in [-0.15, -0.1) is 11.8 Å². The van der Waals surface area contributed by atoms with Gasteiger partial charge in [-0.3, -0.25) is 0 Å². The van der Waals surface area contributed by atoms with E-state index >= 15 is 0 Å². The van der Waals surface area contributed by atoms with E-state index in [0.29, 0.717) is 18.0 Å². The molecule has 0 spiro atoms. The van der Waals surface area contributed by atoms with E-state index in [9.17, 15) is 0 Å².